The van der Waals surface area contributed by atoms with Crippen LogP contribution in [0.1, 0.15) is 15.9 Å². The molecule has 0 spiro atoms. The van der Waals surface area contributed by atoms with Crippen LogP contribution in [0.2, 0.25) is 0 Å². The molecule has 0 fully saturated rings. The van der Waals surface area contributed by atoms with Crippen molar-refractivity contribution in [3.63, 3.8) is 0 Å². The second-order valence-electron chi connectivity index (χ2n) is 2.42. The van der Waals surface area contributed by atoms with E-state index in [1.54, 1.807) is 0 Å². The average molecular weight is 181 g/mol. The Morgan fingerprint density at radius 2 is 2.23 bits per heavy atom. The molecule has 5 heteroatoms. The van der Waals surface area contributed by atoms with Crippen LogP contribution in [0.3, 0.4) is 0 Å². The summed E-state index contributed by atoms with van der Waals surface area (Å²) >= 11 is 0. The summed E-state index contributed by atoms with van der Waals surface area (Å²) in [5, 5.41) is 19.0. The first kappa shape index (κ1) is 9.34. The van der Waals surface area contributed by atoms with E-state index in [4.69, 9.17) is 5.11 Å². The molecule has 0 heterocycles. The lowest BCUT2D eigenvalue weighted by molar-refractivity contribution is -0.384. The predicted octanol–water partition coefficient (Wildman–Crippen LogP) is 0.900. The van der Waals surface area contributed by atoms with Gasteiger partial charge in [-0.3, -0.25) is 14.9 Å². The summed E-state index contributed by atoms with van der Waals surface area (Å²) in [6.45, 7) is -0.300. The smallest absolute Gasteiger partial charge is 0.270 e. The van der Waals surface area contributed by atoms with Crippen molar-refractivity contribution < 1.29 is 14.8 Å². The van der Waals surface area contributed by atoms with Crippen molar-refractivity contribution in [1.29, 1.82) is 0 Å². The largest absolute Gasteiger partial charge is 0.392 e. The number of nitro benzene ring substituents is 1. The third kappa shape index (κ3) is 1.88. The standard InChI is InChI=1S/C8H7NO4/c10-4-6-1-2-8(9(12)13)3-7(6)5-11/h1-3,5,10H,4H2. The average Bonchev–Trinajstić information content (AvgIpc) is 2.16. The molecule has 68 valence electrons. The van der Waals surface area contributed by atoms with E-state index in [1.165, 1.54) is 12.1 Å². The van der Waals surface area contributed by atoms with Crippen molar-refractivity contribution in [3.8, 4) is 0 Å². The number of benzene rings is 1. The molecule has 0 aliphatic rings. The van der Waals surface area contributed by atoms with Gasteiger partial charge >= 0.3 is 0 Å². The maximum Gasteiger partial charge on any atom is 0.270 e. The highest BCUT2D eigenvalue weighted by Crippen LogP contribution is 2.16. The summed E-state index contributed by atoms with van der Waals surface area (Å²) in [5.41, 5.74) is 0.386. The second-order valence-corrected chi connectivity index (χ2v) is 2.42. The SMILES string of the molecule is O=Cc1cc([N+](=O)[O-])ccc1CO. The van der Waals surface area contributed by atoms with Crippen LogP contribution < -0.4 is 0 Å². The molecular weight excluding hydrogens is 174 g/mol. The highest BCUT2D eigenvalue weighted by molar-refractivity contribution is 5.78. The number of hydrogen-bond donors (Lipinski definition) is 1. The predicted molar refractivity (Wildman–Crippen MR) is 44.4 cm³/mol. The van der Waals surface area contributed by atoms with Crippen LogP contribution in [0.4, 0.5) is 5.69 Å². The first-order valence-electron chi connectivity index (χ1n) is 3.52. The van der Waals surface area contributed by atoms with E-state index in [1.807, 2.05) is 0 Å². The number of carbonyl (C=O) groups excluding carboxylic acids is 1. The van der Waals surface area contributed by atoms with Gasteiger partial charge in [-0.05, 0) is 11.6 Å². The molecular formula is C8H7NO4. The lowest BCUT2D eigenvalue weighted by atomic mass is 10.1. The van der Waals surface area contributed by atoms with Crippen LogP contribution in [0.25, 0.3) is 0 Å². The second kappa shape index (κ2) is 3.77. The normalized spacial score (nSPS) is 9.62. The number of nitrogens with zero attached hydrogens (tertiary/aromatic N) is 1. The topological polar surface area (TPSA) is 80.4 Å². The number of hydrogen-bond acceptors (Lipinski definition) is 4. The number of aliphatic hydroxyl groups is 1. The Morgan fingerprint density at radius 1 is 1.54 bits per heavy atom. The molecule has 0 aromatic heterocycles. The summed E-state index contributed by atoms with van der Waals surface area (Å²) in [6.07, 6.45) is 0.485. The van der Waals surface area contributed by atoms with Crippen molar-refractivity contribution in [1.82, 2.24) is 0 Å². The Bertz CT molecular complexity index is 348. The summed E-state index contributed by atoms with van der Waals surface area (Å²) in [5.74, 6) is 0. The molecule has 1 rings (SSSR count). The number of rotatable bonds is 3. The summed E-state index contributed by atoms with van der Waals surface area (Å²) in [4.78, 5) is 20.1. The Kier molecular flexibility index (Phi) is 2.71. The molecule has 13 heavy (non-hydrogen) atoms. The lowest BCUT2D eigenvalue weighted by Gasteiger charge is -1.99. The zero-order valence-corrected chi connectivity index (χ0v) is 6.64. The van der Waals surface area contributed by atoms with Gasteiger partial charge in [0.1, 0.15) is 0 Å². The fraction of sp³-hybridized carbons (Fsp3) is 0.125. The zero-order chi connectivity index (χ0) is 9.84. The van der Waals surface area contributed by atoms with Gasteiger partial charge in [0.25, 0.3) is 5.69 Å². The van der Waals surface area contributed by atoms with Crippen molar-refractivity contribution in [2.24, 2.45) is 0 Å². The molecule has 0 bridgehead atoms. The highest BCUT2D eigenvalue weighted by atomic mass is 16.6. The Morgan fingerprint density at radius 3 is 2.69 bits per heavy atom. The third-order valence-electron chi connectivity index (χ3n) is 1.64. The first-order chi connectivity index (χ1) is 6.19. The molecule has 0 saturated heterocycles. The van der Waals surface area contributed by atoms with Crippen molar-refractivity contribution in [3.05, 3.63) is 39.4 Å². The molecule has 0 aliphatic heterocycles. The van der Waals surface area contributed by atoms with Gasteiger partial charge < -0.3 is 5.11 Å². The van der Waals surface area contributed by atoms with E-state index in [9.17, 15) is 14.9 Å². The van der Waals surface area contributed by atoms with E-state index in [2.05, 4.69) is 0 Å². The molecule has 0 saturated carbocycles. The molecule has 0 unspecified atom stereocenters. The van der Waals surface area contributed by atoms with Crippen LogP contribution in [-0.2, 0) is 6.61 Å². The van der Waals surface area contributed by atoms with E-state index in [0.717, 1.165) is 6.07 Å². The molecule has 1 aromatic rings. The van der Waals surface area contributed by atoms with E-state index in [-0.39, 0.29) is 17.9 Å². The fourth-order valence-corrected chi connectivity index (χ4v) is 0.950. The molecule has 0 radical (unpaired) electrons. The van der Waals surface area contributed by atoms with Crippen LogP contribution in [-0.4, -0.2) is 16.3 Å². The van der Waals surface area contributed by atoms with E-state index < -0.39 is 4.92 Å². The maximum absolute atomic E-state index is 10.4. The van der Waals surface area contributed by atoms with Gasteiger partial charge in [0, 0.05) is 17.7 Å². The van der Waals surface area contributed by atoms with Crippen molar-refractivity contribution in [2.45, 2.75) is 6.61 Å². The first-order valence-corrected chi connectivity index (χ1v) is 3.52. The maximum atomic E-state index is 10.4. The summed E-state index contributed by atoms with van der Waals surface area (Å²) in [7, 11) is 0. The van der Waals surface area contributed by atoms with Gasteiger partial charge in [0.2, 0.25) is 0 Å². The third-order valence-corrected chi connectivity index (χ3v) is 1.64. The minimum absolute atomic E-state index is 0.150. The number of carbonyl (C=O) groups is 1. The van der Waals surface area contributed by atoms with Crippen molar-refractivity contribution in [2.75, 3.05) is 0 Å². The van der Waals surface area contributed by atoms with Crippen LogP contribution >= 0.6 is 0 Å². The van der Waals surface area contributed by atoms with Crippen LogP contribution in [0, 0.1) is 10.1 Å². The van der Waals surface area contributed by atoms with Crippen molar-refractivity contribution >= 4 is 12.0 Å². The number of aliphatic hydroxyl groups excluding tert-OH is 1. The van der Waals surface area contributed by atoms with Gasteiger partial charge in [0.15, 0.2) is 6.29 Å². The Hall–Kier alpha value is -1.75. The molecule has 0 amide bonds. The van der Waals surface area contributed by atoms with Crippen LogP contribution in [0.5, 0.6) is 0 Å². The summed E-state index contributed by atoms with van der Waals surface area (Å²) < 4.78 is 0. The Balaban J connectivity index is 3.20. The number of nitro groups is 1. The molecule has 0 atom stereocenters. The highest BCUT2D eigenvalue weighted by Gasteiger charge is 2.08. The van der Waals surface area contributed by atoms with Gasteiger partial charge in [-0.15, -0.1) is 0 Å². The fourth-order valence-electron chi connectivity index (χ4n) is 0.950. The molecule has 1 aromatic carbocycles. The minimum atomic E-state index is -0.589. The summed E-state index contributed by atoms with van der Waals surface area (Å²) in [6, 6.07) is 3.75. The molecule has 1 N–H and O–H groups in total. The molecule has 0 aliphatic carbocycles. The Labute approximate surface area is 73.8 Å². The zero-order valence-electron chi connectivity index (χ0n) is 6.64. The van der Waals surface area contributed by atoms with Gasteiger partial charge in [0.05, 0.1) is 11.5 Å². The molecule has 5 nitrogen and oxygen atoms in total. The number of non-ortho nitro benzene ring substituents is 1. The van der Waals surface area contributed by atoms with E-state index in [0.29, 0.717) is 11.8 Å². The van der Waals surface area contributed by atoms with Gasteiger partial charge in [-0.1, -0.05) is 0 Å². The van der Waals surface area contributed by atoms with E-state index >= 15 is 0 Å². The minimum Gasteiger partial charge on any atom is -0.392 e. The number of aldehydes is 1. The van der Waals surface area contributed by atoms with Crippen LogP contribution in [0.15, 0.2) is 18.2 Å². The quantitative estimate of drug-likeness (QED) is 0.426. The monoisotopic (exact) mass is 181 g/mol. The van der Waals surface area contributed by atoms with Gasteiger partial charge in [-0.25, -0.2) is 0 Å². The lowest BCUT2D eigenvalue weighted by Crippen LogP contribution is -1.95. The van der Waals surface area contributed by atoms with Gasteiger partial charge in [-0.2, -0.15) is 0 Å².